The molecule has 0 fully saturated rings. The molecule has 186 valence electrons. The van der Waals surface area contributed by atoms with Crippen LogP contribution < -0.4 is 10.9 Å². The summed E-state index contributed by atoms with van der Waals surface area (Å²) in [6.45, 7) is 5.65. The van der Waals surface area contributed by atoms with E-state index in [1.54, 1.807) is 13.0 Å². The first-order valence-corrected chi connectivity index (χ1v) is 11.6. The Bertz CT molecular complexity index is 1580. The highest BCUT2D eigenvalue weighted by Gasteiger charge is 2.34. The molecule has 0 spiro atoms. The van der Waals surface area contributed by atoms with Gasteiger partial charge in [-0.1, -0.05) is 41.4 Å². The second kappa shape index (κ2) is 9.64. The van der Waals surface area contributed by atoms with E-state index in [0.717, 1.165) is 28.8 Å². The van der Waals surface area contributed by atoms with Crippen molar-refractivity contribution in [1.29, 1.82) is 0 Å². The Morgan fingerprint density at radius 1 is 0.944 bits per heavy atom. The van der Waals surface area contributed by atoms with E-state index >= 15 is 0 Å². The molecule has 4 aromatic rings. The lowest BCUT2D eigenvalue weighted by Gasteiger charge is -2.16. The molecule has 1 N–H and O–H groups in total. The summed E-state index contributed by atoms with van der Waals surface area (Å²) in [5, 5.41) is 3.11. The minimum Gasteiger partial charge on any atom is -0.422 e. The molecule has 0 saturated carbocycles. The first-order chi connectivity index (χ1) is 16.8. The van der Waals surface area contributed by atoms with Crippen LogP contribution in [0.1, 0.15) is 27.8 Å². The average molecular weight is 534 g/mol. The monoisotopic (exact) mass is 533 g/mol. The highest BCUT2D eigenvalue weighted by atomic mass is 35.5. The number of amides is 1. The normalized spacial score (nSPS) is 11.7. The molecule has 4 rings (SSSR count). The molecule has 9 heteroatoms. The summed E-state index contributed by atoms with van der Waals surface area (Å²) in [6, 6.07) is 11.9. The fourth-order valence-corrected chi connectivity index (χ4v) is 4.30. The van der Waals surface area contributed by atoms with Crippen molar-refractivity contribution in [2.75, 3.05) is 5.32 Å². The van der Waals surface area contributed by atoms with Gasteiger partial charge in [-0.15, -0.1) is 0 Å². The van der Waals surface area contributed by atoms with Gasteiger partial charge >= 0.3 is 11.8 Å². The van der Waals surface area contributed by atoms with Crippen molar-refractivity contribution in [1.82, 2.24) is 0 Å². The van der Waals surface area contributed by atoms with Gasteiger partial charge in [0.15, 0.2) is 0 Å². The van der Waals surface area contributed by atoms with E-state index in [1.165, 1.54) is 12.1 Å². The van der Waals surface area contributed by atoms with Gasteiger partial charge in [-0.2, -0.15) is 13.2 Å². The van der Waals surface area contributed by atoms with Crippen molar-refractivity contribution >= 4 is 45.8 Å². The van der Waals surface area contributed by atoms with Gasteiger partial charge in [0.1, 0.15) is 5.58 Å². The summed E-state index contributed by atoms with van der Waals surface area (Å²) < 4.78 is 45.9. The van der Waals surface area contributed by atoms with Crippen molar-refractivity contribution in [2.24, 2.45) is 0 Å². The molecular weight excluding hydrogens is 514 g/mol. The van der Waals surface area contributed by atoms with Gasteiger partial charge in [0.2, 0.25) is 5.91 Å². The van der Waals surface area contributed by atoms with Crippen molar-refractivity contribution in [2.45, 2.75) is 33.4 Å². The zero-order valence-corrected chi connectivity index (χ0v) is 21.0. The van der Waals surface area contributed by atoms with Crippen LogP contribution in [-0.4, -0.2) is 5.91 Å². The van der Waals surface area contributed by atoms with Crippen LogP contribution in [0.25, 0.3) is 22.1 Å². The maximum absolute atomic E-state index is 13.5. The Kier molecular flexibility index (Phi) is 6.90. The van der Waals surface area contributed by atoms with Crippen LogP contribution in [0.2, 0.25) is 10.0 Å². The molecule has 0 aliphatic heterocycles. The molecule has 0 aliphatic carbocycles. The highest BCUT2D eigenvalue weighted by molar-refractivity contribution is 6.32. The molecule has 0 unspecified atom stereocenters. The number of nitrogens with one attached hydrogen (secondary N) is 1. The Balaban J connectivity index is 1.85. The minimum absolute atomic E-state index is 0.0208. The van der Waals surface area contributed by atoms with Crippen LogP contribution in [-0.2, 0) is 17.4 Å². The lowest BCUT2D eigenvalue weighted by atomic mass is 9.92. The van der Waals surface area contributed by atoms with E-state index in [1.807, 2.05) is 32.0 Å². The molecule has 36 heavy (non-hydrogen) atoms. The molecule has 4 nitrogen and oxygen atoms in total. The van der Waals surface area contributed by atoms with Gasteiger partial charge < -0.3 is 9.73 Å². The van der Waals surface area contributed by atoms with Gasteiger partial charge in [-0.3, -0.25) is 4.79 Å². The molecule has 3 aromatic carbocycles. The second-order valence-corrected chi connectivity index (χ2v) is 9.40. The summed E-state index contributed by atoms with van der Waals surface area (Å²) in [6.07, 6.45) is -5.25. The summed E-state index contributed by atoms with van der Waals surface area (Å²) >= 11 is 12.0. The molecule has 1 heterocycles. The third-order valence-electron chi connectivity index (χ3n) is 5.98. The van der Waals surface area contributed by atoms with E-state index in [4.69, 9.17) is 27.6 Å². The number of rotatable bonds is 4. The van der Waals surface area contributed by atoms with Gasteiger partial charge in [-0.05, 0) is 67.3 Å². The third kappa shape index (κ3) is 5.13. The first-order valence-electron chi connectivity index (χ1n) is 10.8. The molecular formula is C27H20Cl2F3NO3. The number of halogens is 5. The largest absolute Gasteiger partial charge is 0.422 e. The Morgan fingerprint density at radius 3 is 2.33 bits per heavy atom. The fourth-order valence-electron chi connectivity index (χ4n) is 3.97. The van der Waals surface area contributed by atoms with Crippen LogP contribution in [0.3, 0.4) is 0 Å². The number of benzene rings is 3. The van der Waals surface area contributed by atoms with Crippen molar-refractivity contribution < 1.29 is 22.4 Å². The first kappa shape index (κ1) is 25.8. The minimum atomic E-state index is -4.74. The van der Waals surface area contributed by atoms with Gasteiger partial charge in [-0.25, -0.2) is 4.79 Å². The zero-order valence-electron chi connectivity index (χ0n) is 19.4. The number of hydrogen-bond acceptors (Lipinski definition) is 3. The SMILES string of the molecule is Cc1ccc(-c2c(CC(=O)Nc3ccc(Cl)cc3C(F)(F)F)c(=O)oc3cc(Cl)c(C)cc23)cc1C. The lowest BCUT2D eigenvalue weighted by Crippen LogP contribution is -2.22. The highest BCUT2D eigenvalue weighted by Crippen LogP contribution is 2.37. The van der Waals surface area contributed by atoms with Gasteiger partial charge in [0.25, 0.3) is 0 Å². The van der Waals surface area contributed by atoms with Crippen LogP contribution >= 0.6 is 23.2 Å². The van der Waals surface area contributed by atoms with Crippen LogP contribution in [0.5, 0.6) is 0 Å². The van der Waals surface area contributed by atoms with E-state index in [0.29, 0.717) is 21.5 Å². The predicted molar refractivity (Wildman–Crippen MR) is 136 cm³/mol. The fraction of sp³-hybridized carbons (Fsp3) is 0.185. The van der Waals surface area contributed by atoms with Crippen molar-refractivity contribution in [3.05, 3.63) is 96.8 Å². The molecule has 0 saturated heterocycles. The number of anilines is 1. The summed E-state index contributed by atoms with van der Waals surface area (Å²) in [7, 11) is 0. The topological polar surface area (TPSA) is 59.3 Å². The Hall–Kier alpha value is -3.29. The smallest absolute Gasteiger partial charge is 0.418 e. The van der Waals surface area contributed by atoms with E-state index in [2.05, 4.69) is 5.32 Å². The van der Waals surface area contributed by atoms with E-state index in [9.17, 15) is 22.8 Å². The van der Waals surface area contributed by atoms with Crippen molar-refractivity contribution in [3.8, 4) is 11.1 Å². The summed E-state index contributed by atoms with van der Waals surface area (Å²) in [5.41, 5.74) is 1.79. The standard InChI is InChI=1S/C27H20Cl2F3NO3/c1-13-4-5-16(8-14(13)2)25-18-9-15(3)21(29)12-23(18)36-26(35)19(25)11-24(34)33-22-7-6-17(28)10-20(22)27(30,31)32/h4-10,12H,11H2,1-3H3,(H,33,34). The van der Waals surface area contributed by atoms with E-state index in [-0.39, 0.29) is 16.2 Å². The van der Waals surface area contributed by atoms with Crippen molar-refractivity contribution in [3.63, 3.8) is 0 Å². The van der Waals surface area contributed by atoms with E-state index < -0.39 is 35.4 Å². The molecule has 0 aliphatic rings. The second-order valence-electron chi connectivity index (χ2n) is 8.55. The quantitative estimate of drug-likeness (QED) is 0.271. The Labute approximate surface area is 214 Å². The maximum Gasteiger partial charge on any atom is 0.418 e. The number of carbonyl (C=O) groups excluding carboxylic acids is 1. The zero-order chi connectivity index (χ0) is 26.4. The van der Waals surface area contributed by atoms with Crippen LogP contribution in [0, 0.1) is 20.8 Å². The molecule has 0 bridgehead atoms. The number of hydrogen-bond donors (Lipinski definition) is 1. The molecule has 0 radical (unpaired) electrons. The third-order valence-corrected chi connectivity index (χ3v) is 6.62. The van der Waals surface area contributed by atoms with Crippen LogP contribution in [0.15, 0.2) is 57.7 Å². The number of carbonyl (C=O) groups is 1. The number of fused-ring (bicyclic) bond motifs is 1. The average Bonchev–Trinajstić information content (AvgIpc) is 2.78. The summed E-state index contributed by atoms with van der Waals surface area (Å²) in [5.74, 6) is -0.815. The number of aryl methyl sites for hydroxylation is 3. The van der Waals surface area contributed by atoms with Crippen LogP contribution in [0.4, 0.5) is 18.9 Å². The van der Waals surface area contributed by atoms with Gasteiger partial charge in [0.05, 0.1) is 23.2 Å². The Morgan fingerprint density at radius 2 is 1.67 bits per heavy atom. The molecule has 1 amide bonds. The maximum atomic E-state index is 13.5. The number of alkyl halides is 3. The lowest BCUT2D eigenvalue weighted by molar-refractivity contribution is -0.137. The molecule has 1 aromatic heterocycles. The molecule has 0 atom stereocenters. The van der Waals surface area contributed by atoms with Gasteiger partial charge in [0, 0.05) is 27.1 Å². The summed E-state index contributed by atoms with van der Waals surface area (Å²) in [4.78, 5) is 26.0. The predicted octanol–water partition coefficient (Wildman–Crippen LogP) is 7.89.